The second-order valence-electron chi connectivity index (χ2n) is 21.8. The van der Waals surface area contributed by atoms with Crippen molar-refractivity contribution in [2.75, 3.05) is 4.81 Å². The molecule has 0 saturated heterocycles. The van der Waals surface area contributed by atoms with Gasteiger partial charge in [0.2, 0.25) is 0 Å². The molecule has 3 aliphatic rings. The maximum absolute atomic E-state index is 2.71. The number of aromatic nitrogens is 1. The van der Waals surface area contributed by atoms with Gasteiger partial charge in [0, 0.05) is 59.0 Å². The Hall–Kier alpha value is -5.58. The van der Waals surface area contributed by atoms with Gasteiger partial charge in [0.15, 0.2) is 0 Å². The van der Waals surface area contributed by atoms with Gasteiger partial charge in [-0.15, -0.1) is 11.3 Å². The van der Waals surface area contributed by atoms with Crippen LogP contribution in [0.15, 0.2) is 121 Å². The van der Waals surface area contributed by atoms with Crippen LogP contribution in [0.3, 0.4) is 0 Å². The van der Waals surface area contributed by atoms with Crippen molar-refractivity contribution >= 4 is 82.5 Å². The van der Waals surface area contributed by atoms with E-state index < -0.39 is 0 Å². The van der Waals surface area contributed by atoms with Crippen molar-refractivity contribution in [2.24, 2.45) is 0 Å². The molecular formula is C57H53BN2S. The first-order valence-electron chi connectivity index (χ1n) is 22.2. The predicted octanol–water partition coefficient (Wildman–Crippen LogP) is 14.6. The first kappa shape index (κ1) is 37.2. The van der Waals surface area contributed by atoms with E-state index in [1.165, 1.54) is 120 Å². The molecule has 4 heterocycles. The molecule has 0 atom stereocenters. The van der Waals surface area contributed by atoms with Gasteiger partial charge in [0.05, 0.1) is 11.0 Å². The van der Waals surface area contributed by atoms with E-state index in [9.17, 15) is 0 Å². The van der Waals surface area contributed by atoms with Crippen LogP contribution in [-0.4, -0.2) is 11.4 Å². The van der Waals surface area contributed by atoms with Crippen LogP contribution in [0.1, 0.15) is 104 Å². The Kier molecular flexibility index (Phi) is 7.24. The molecule has 61 heavy (non-hydrogen) atoms. The Labute approximate surface area is 365 Å². The zero-order valence-corrected chi connectivity index (χ0v) is 38.2. The van der Waals surface area contributed by atoms with Gasteiger partial charge < -0.3 is 9.38 Å². The van der Waals surface area contributed by atoms with E-state index in [1.807, 2.05) is 11.3 Å². The van der Waals surface area contributed by atoms with E-state index in [2.05, 4.69) is 207 Å². The van der Waals surface area contributed by atoms with E-state index >= 15 is 0 Å². The van der Waals surface area contributed by atoms with Gasteiger partial charge in [-0.05, 0) is 114 Å². The highest BCUT2D eigenvalue weighted by atomic mass is 32.1. The van der Waals surface area contributed by atoms with Gasteiger partial charge in [0.25, 0.3) is 0 Å². The molecule has 0 spiro atoms. The number of hydrogen-bond donors (Lipinski definition) is 0. The molecule has 0 bridgehead atoms. The maximum Gasteiger partial charge on any atom is 0.333 e. The number of anilines is 2. The predicted molar refractivity (Wildman–Crippen MR) is 266 cm³/mol. The molecule has 0 fully saturated rings. The van der Waals surface area contributed by atoms with Crippen molar-refractivity contribution in [1.29, 1.82) is 0 Å². The lowest BCUT2D eigenvalue weighted by molar-refractivity contribution is 0.590. The van der Waals surface area contributed by atoms with Crippen LogP contribution in [0.4, 0.5) is 11.4 Å². The summed E-state index contributed by atoms with van der Waals surface area (Å²) in [4.78, 5) is 2.71. The van der Waals surface area contributed by atoms with Crippen LogP contribution in [0.5, 0.6) is 0 Å². The van der Waals surface area contributed by atoms with E-state index in [1.54, 1.807) is 0 Å². The zero-order chi connectivity index (χ0) is 42.3. The minimum absolute atomic E-state index is 0.0140. The molecule has 4 heteroatoms. The van der Waals surface area contributed by atoms with E-state index in [0.29, 0.717) is 0 Å². The molecule has 2 aliphatic heterocycles. The number of nitrogens with zero attached hydrogens (tertiary/aromatic N) is 2. The van der Waals surface area contributed by atoms with Gasteiger partial charge >= 0.3 is 6.85 Å². The molecule has 0 N–H and O–H groups in total. The quantitative estimate of drug-likeness (QED) is 0.150. The fourth-order valence-corrected chi connectivity index (χ4v) is 12.4. The third-order valence-electron chi connectivity index (χ3n) is 14.7. The van der Waals surface area contributed by atoms with Gasteiger partial charge in [0.1, 0.15) is 0 Å². The van der Waals surface area contributed by atoms with Gasteiger partial charge in [-0.1, -0.05) is 155 Å². The Morgan fingerprint density at radius 1 is 0.525 bits per heavy atom. The molecule has 9 aromatic rings. The van der Waals surface area contributed by atoms with Crippen LogP contribution in [0.25, 0.3) is 69.9 Å². The summed E-state index contributed by atoms with van der Waals surface area (Å²) in [5.41, 5.74) is 21.6. The van der Waals surface area contributed by atoms with Crippen molar-refractivity contribution < 1.29 is 0 Å². The van der Waals surface area contributed by atoms with Crippen molar-refractivity contribution in [1.82, 2.24) is 4.57 Å². The number of hydrogen-bond acceptors (Lipinski definition) is 2. The second kappa shape index (κ2) is 11.9. The van der Waals surface area contributed by atoms with Crippen LogP contribution < -0.4 is 15.7 Å². The average molecular weight is 809 g/mol. The standard InChI is InChI=1S/C57H53BN2S/c1-54(2,3)32-16-20-35(21-17-32)60-47-31-49-41(36-22-18-34(56(7,8)9)29-48(36)61-49)30-40(47)37-23-24-39-51-46(27-25-43-50(51)38-14-12-13-15-42(38)57(43,10)11)59-45-26-19-33(55(4,5)6)28-44(45)58(60)52(37)53(39)59/h12-31H,1-11H3. The smallest absolute Gasteiger partial charge is 0.333 e. The van der Waals surface area contributed by atoms with E-state index in [4.69, 9.17) is 0 Å². The molecular weight excluding hydrogens is 756 g/mol. The van der Waals surface area contributed by atoms with Crippen molar-refractivity contribution in [3.05, 3.63) is 149 Å². The van der Waals surface area contributed by atoms with Gasteiger partial charge in [-0.25, -0.2) is 0 Å². The molecule has 7 aromatic carbocycles. The summed E-state index contributed by atoms with van der Waals surface area (Å²) < 4.78 is 5.35. The van der Waals surface area contributed by atoms with E-state index in [-0.39, 0.29) is 28.5 Å². The third kappa shape index (κ3) is 4.97. The van der Waals surface area contributed by atoms with E-state index in [0.717, 1.165) is 0 Å². The molecule has 0 unspecified atom stereocenters. The summed E-state index contributed by atoms with van der Waals surface area (Å²) in [6.07, 6.45) is 0. The molecule has 0 amide bonds. The lowest BCUT2D eigenvalue weighted by Gasteiger charge is -2.42. The molecule has 1 aliphatic carbocycles. The Morgan fingerprint density at radius 2 is 1.18 bits per heavy atom. The number of fused-ring (bicyclic) bond motifs is 15. The molecule has 0 saturated carbocycles. The lowest BCUT2D eigenvalue weighted by Crippen LogP contribution is -2.60. The van der Waals surface area contributed by atoms with Crippen molar-refractivity contribution in [3.8, 4) is 27.9 Å². The summed E-state index contributed by atoms with van der Waals surface area (Å²) >= 11 is 1.94. The highest BCUT2D eigenvalue weighted by molar-refractivity contribution is 7.25. The number of thiophene rings is 1. The lowest BCUT2D eigenvalue weighted by atomic mass is 9.43. The minimum atomic E-state index is -0.0811. The summed E-state index contributed by atoms with van der Waals surface area (Å²) in [6, 6.07) is 48.1. The van der Waals surface area contributed by atoms with Crippen molar-refractivity contribution in [2.45, 2.75) is 97.8 Å². The summed E-state index contributed by atoms with van der Waals surface area (Å²) in [7, 11) is 0. The van der Waals surface area contributed by atoms with Gasteiger partial charge in [-0.3, -0.25) is 0 Å². The molecule has 2 aromatic heterocycles. The second-order valence-corrected chi connectivity index (χ2v) is 22.9. The monoisotopic (exact) mass is 808 g/mol. The Morgan fingerprint density at radius 3 is 1.92 bits per heavy atom. The third-order valence-corrected chi connectivity index (χ3v) is 15.8. The van der Waals surface area contributed by atoms with Crippen LogP contribution >= 0.6 is 11.3 Å². The fraction of sp³-hybridized carbons (Fsp3) is 0.263. The van der Waals surface area contributed by atoms with Crippen LogP contribution in [0, 0.1) is 0 Å². The fourth-order valence-electron chi connectivity index (χ4n) is 11.3. The molecule has 300 valence electrons. The first-order valence-corrected chi connectivity index (χ1v) is 23.0. The number of benzene rings is 7. The molecule has 0 radical (unpaired) electrons. The minimum Gasteiger partial charge on any atom is -0.376 e. The van der Waals surface area contributed by atoms with Gasteiger partial charge in [-0.2, -0.15) is 0 Å². The largest absolute Gasteiger partial charge is 0.376 e. The maximum atomic E-state index is 2.71. The summed E-state index contributed by atoms with van der Waals surface area (Å²) in [5.74, 6) is 0. The average Bonchev–Trinajstić information content (AvgIpc) is 3.83. The number of rotatable bonds is 1. The topological polar surface area (TPSA) is 8.17 Å². The molecule has 2 nitrogen and oxygen atoms in total. The Balaban J connectivity index is 1.24. The normalized spacial score (nSPS) is 15.2. The summed E-state index contributed by atoms with van der Waals surface area (Å²) in [6.45, 7) is 25.7. The molecule has 12 rings (SSSR count). The van der Waals surface area contributed by atoms with Crippen LogP contribution in [0.2, 0.25) is 0 Å². The zero-order valence-electron chi connectivity index (χ0n) is 37.4. The SMILES string of the molecule is CC(C)(C)c1ccc(N2B3c4cc(C(C)(C)C)ccc4-n4c5ccc6c(c5c5ccc(c3c54)-c3cc4c(cc32)sc2cc(C(C)(C)C)ccc24)-c2ccccc2C6(C)C)cc1. The first-order chi connectivity index (χ1) is 28.9. The highest BCUT2D eigenvalue weighted by Gasteiger charge is 2.46. The van der Waals surface area contributed by atoms with Crippen molar-refractivity contribution in [3.63, 3.8) is 0 Å². The summed E-state index contributed by atoms with van der Waals surface area (Å²) in [5, 5.41) is 5.41. The Bertz CT molecular complexity index is 3390. The highest BCUT2D eigenvalue weighted by Crippen LogP contribution is 2.55. The van der Waals surface area contributed by atoms with Crippen LogP contribution in [-0.2, 0) is 21.7 Å².